The fourth-order valence-electron chi connectivity index (χ4n) is 1.63. The summed E-state index contributed by atoms with van der Waals surface area (Å²) in [4.78, 5) is 4.20. The number of nitrogens with zero attached hydrogens (tertiary/aromatic N) is 1. The second kappa shape index (κ2) is 3.07. The third-order valence-electron chi connectivity index (χ3n) is 2.36. The van der Waals surface area contributed by atoms with Gasteiger partial charge in [0.25, 0.3) is 0 Å². The van der Waals surface area contributed by atoms with Crippen molar-refractivity contribution < 1.29 is 0 Å². The summed E-state index contributed by atoms with van der Waals surface area (Å²) in [5.74, 6) is 0. The highest BCUT2D eigenvalue weighted by Crippen LogP contribution is 2.24. The molecule has 0 aliphatic carbocycles. The van der Waals surface area contributed by atoms with Crippen LogP contribution in [0.4, 0.5) is 0 Å². The molecule has 1 heterocycles. The molecule has 0 aliphatic heterocycles. The molecule has 2 nitrogen and oxygen atoms in total. The molecule has 2 aromatic rings. The monoisotopic (exact) mass is 186 g/mol. The molecule has 0 aliphatic rings. The summed E-state index contributed by atoms with van der Waals surface area (Å²) < 4.78 is 0. The van der Waals surface area contributed by atoms with Crippen LogP contribution >= 0.6 is 0 Å². The summed E-state index contributed by atoms with van der Waals surface area (Å²) >= 11 is 0. The van der Waals surface area contributed by atoms with E-state index in [9.17, 15) is 0 Å². The Morgan fingerprint density at radius 1 is 1.14 bits per heavy atom. The summed E-state index contributed by atoms with van der Waals surface area (Å²) in [5, 5.41) is 2.33. The van der Waals surface area contributed by atoms with Crippen molar-refractivity contribution in [3.63, 3.8) is 0 Å². The second-order valence-electron chi connectivity index (χ2n) is 4.13. The average Bonchev–Trinajstić information content (AvgIpc) is 2.15. The van der Waals surface area contributed by atoms with Crippen molar-refractivity contribution in [3.05, 3.63) is 42.2 Å². The van der Waals surface area contributed by atoms with Crippen LogP contribution in [0.15, 0.2) is 36.7 Å². The molecular weight excluding hydrogens is 172 g/mol. The minimum absolute atomic E-state index is 0.339. The van der Waals surface area contributed by atoms with Crippen LogP contribution in [0.5, 0.6) is 0 Å². The van der Waals surface area contributed by atoms with E-state index in [1.165, 1.54) is 5.39 Å². The normalized spacial score (nSPS) is 11.9. The van der Waals surface area contributed by atoms with Crippen molar-refractivity contribution in [2.45, 2.75) is 19.4 Å². The molecule has 0 spiro atoms. The zero-order valence-corrected chi connectivity index (χ0v) is 8.49. The molecule has 2 N–H and O–H groups in total. The summed E-state index contributed by atoms with van der Waals surface area (Å²) in [6.45, 7) is 3.99. The fourth-order valence-corrected chi connectivity index (χ4v) is 1.63. The summed E-state index contributed by atoms with van der Waals surface area (Å²) in [7, 11) is 0. The van der Waals surface area contributed by atoms with Gasteiger partial charge in [0.05, 0.1) is 0 Å². The van der Waals surface area contributed by atoms with Gasteiger partial charge in [-0.2, -0.15) is 0 Å². The van der Waals surface area contributed by atoms with Gasteiger partial charge in [0.1, 0.15) is 0 Å². The van der Waals surface area contributed by atoms with Gasteiger partial charge in [0, 0.05) is 23.3 Å². The Morgan fingerprint density at radius 3 is 2.57 bits per heavy atom. The lowest BCUT2D eigenvalue weighted by molar-refractivity contribution is 0.557. The Morgan fingerprint density at radius 2 is 1.86 bits per heavy atom. The van der Waals surface area contributed by atoms with E-state index in [4.69, 9.17) is 5.73 Å². The van der Waals surface area contributed by atoms with Gasteiger partial charge in [-0.05, 0) is 24.8 Å². The lowest BCUT2D eigenvalue weighted by Gasteiger charge is -2.20. The maximum Gasteiger partial charge on any atom is 0.0373 e. The maximum atomic E-state index is 6.08. The molecule has 0 radical (unpaired) electrons. The third-order valence-corrected chi connectivity index (χ3v) is 2.36. The molecule has 1 aromatic carbocycles. The van der Waals surface area contributed by atoms with Crippen LogP contribution in [0.2, 0.25) is 0 Å². The molecule has 0 saturated heterocycles. The molecule has 0 amide bonds. The van der Waals surface area contributed by atoms with Gasteiger partial charge in [-0.1, -0.05) is 24.3 Å². The number of fused-ring (bicyclic) bond motifs is 1. The van der Waals surface area contributed by atoms with E-state index in [1.54, 1.807) is 0 Å². The van der Waals surface area contributed by atoms with Gasteiger partial charge in [0.15, 0.2) is 0 Å². The molecule has 72 valence electrons. The van der Waals surface area contributed by atoms with Gasteiger partial charge >= 0.3 is 0 Å². The van der Waals surface area contributed by atoms with Gasteiger partial charge in [-0.25, -0.2) is 0 Å². The number of hydrogen-bond acceptors (Lipinski definition) is 2. The predicted octanol–water partition coefficient (Wildman–Crippen LogP) is 2.43. The molecule has 2 heteroatoms. The highest BCUT2D eigenvalue weighted by atomic mass is 14.7. The molecule has 0 unspecified atom stereocenters. The standard InChI is InChI=1S/C12H14N2/c1-12(2,13)11-8-14-7-9-5-3-4-6-10(9)11/h3-8H,13H2,1-2H3. The van der Waals surface area contributed by atoms with E-state index < -0.39 is 0 Å². The summed E-state index contributed by atoms with van der Waals surface area (Å²) in [6, 6.07) is 8.17. The van der Waals surface area contributed by atoms with Crippen LogP contribution in [-0.4, -0.2) is 4.98 Å². The van der Waals surface area contributed by atoms with Gasteiger partial charge < -0.3 is 5.73 Å². The van der Waals surface area contributed by atoms with Gasteiger partial charge in [0.2, 0.25) is 0 Å². The van der Waals surface area contributed by atoms with Crippen LogP contribution in [-0.2, 0) is 5.54 Å². The Kier molecular flexibility index (Phi) is 2.01. The van der Waals surface area contributed by atoms with E-state index in [-0.39, 0.29) is 5.54 Å². The third kappa shape index (κ3) is 1.49. The van der Waals surface area contributed by atoms with Crippen molar-refractivity contribution >= 4 is 10.8 Å². The highest BCUT2D eigenvalue weighted by Gasteiger charge is 2.16. The molecule has 0 saturated carbocycles. The number of aromatic nitrogens is 1. The first-order valence-electron chi connectivity index (χ1n) is 4.71. The molecule has 0 fully saturated rings. The predicted molar refractivity (Wildman–Crippen MR) is 59.0 cm³/mol. The topological polar surface area (TPSA) is 38.9 Å². The number of rotatable bonds is 1. The first kappa shape index (κ1) is 9.16. The molecule has 14 heavy (non-hydrogen) atoms. The van der Waals surface area contributed by atoms with Crippen molar-refractivity contribution in [2.24, 2.45) is 5.73 Å². The summed E-state index contributed by atoms with van der Waals surface area (Å²) in [5.41, 5.74) is 6.84. The van der Waals surface area contributed by atoms with E-state index in [0.29, 0.717) is 0 Å². The van der Waals surface area contributed by atoms with Crippen LogP contribution in [0.3, 0.4) is 0 Å². The first-order chi connectivity index (χ1) is 6.59. The highest BCUT2D eigenvalue weighted by molar-refractivity contribution is 5.85. The molecule has 2 rings (SSSR count). The lowest BCUT2D eigenvalue weighted by atomic mass is 9.93. The van der Waals surface area contributed by atoms with E-state index in [2.05, 4.69) is 17.1 Å². The maximum absolute atomic E-state index is 6.08. The number of pyridine rings is 1. The Labute approximate surface area is 83.8 Å². The molecule has 1 aromatic heterocycles. The van der Waals surface area contributed by atoms with Crippen molar-refractivity contribution in [3.8, 4) is 0 Å². The van der Waals surface area contributed by atoms with Gasteiger partial charge in [-0.3, -0.25) is 4.98 Å². The minimum atomic E-state index is -0.339. The average molecular weight is 186 g/mol. The minimum Gasteiger partial charge on any atom is -0.322 e. The van der Waals surface area contributed by atoms with E-state index in [1.807, 2.05) is 38.4 Å². The van der Waals surface area contributed by atoms with E-state index in [0.717, 1.165) is 10.9 Å². The van der Waals surface area contributed by atoms with Crippen LogP contribution in [0.1, 0.15) is 19.4 Å². The van der Waals surface area contributed by atoms with Gasteiger partial charge in [-0.15, -0.1) is 0 Å². The van der Waals surface area contributed by atoms with Crippen molar-refractivity contribution in [1.82, 2.24) is 4.98 Å². The quantitative estimate of drug-likeness (QED) is 0.742. The second-order valence-corrected chi connectivity index (χ2v) is 4.13. The number of hydrogen-bond donors (Lipinski definition) is 1. The Balaban J connectivity index is 2.78. The fraction of sp³-hybridized carbons (Fsp3) is 0.250. The molecule has 0 atom stereocenters. The molecular formula is C12H14N2. The Hall–Kier alpha value is -1.41. The van der Waals surface area contributed by atoms with Crippen LogP contribution < -0.4 is 5.73 Å². The van der Waals surface area contributed by atoms with Crippen LogP contribution in [0, 0.1) is 0 Å². The Bertz CT molecular complexity index is 450. The zero-order valence-electron chi connectivity index (χ0n) is 8.49. The largest absolute Gasteiger partial charge is 0.322 e. The summed E-state index contributed by atoms with van der Waals surface area (Å²) in [6.07, 6.45) is 3.72. The SMILES string of the molecule is CC(C)(N)c1cncc2ccccc12. The number of benzene rings is 1. The lowest BCUT2D eigenvalue weighted by Crippen LogP contribution is -2.29. The van der Waals surface area contributed by atoms with E-state index >= 15 is 0 Å². The van der Waals surface area contributed by atoms with Crippen molar-refractivity contribution in [2.75, 3.05) is 0 Å². The smallest absolute Gasteiger partial charge is 0.0373 e. The van der Waals surface area contributed by atoms with Crippen molar-refractivity contribution in [1.29, 1.82) is 0 Å². The first-order valence-corrected chi connectivity index (χ1v) is 4.71. The zero-order chi connectivity index (χ0) is 10.2. The van der Waals surface area contributed by atoms with Crippen LogP contribution in [0.25, 0.3) is 10.8 Å². The molecule has 0 bridgehead atoms. The number of nitrogens with two attached hydrogens (primary N) is 1.